The Hall–Kier alpha value is -2.03. The molecule has 0 bridgehead atoms. The Morgan fingerprint density at radius 2 is 1.69 bits per heavy atom. The van der Waals surface area contributed by atoms with Crippen molar-refractivity contribution in [3.63, 3.8) is 0 Å². The fourth-order valence-electron chi connectivity index (χ4n) is 3.05. The Balaban J connectivity index is 1.95. The molecule has 1 heterocycles. The number of benzene rings is 1. The van der Waals surface area contributed by atoms with Gasteiger partial charge in [0.25, 0.3) is 5.91 Å². The number of carbonyl (C=O) groups excluding carboxylic acids is 2. The lowest BCUT2D eigenvalue weighted by Crippen LogP contribution is -2.44. The van der Waals surface area contributed by atoms with Crippen LogP contribution in [-0.4, -0.2) is 50.6 Å². The largest absolute Gasteiger partial charge is 0.452 e. The molecule has 1 aromatic carbocycles. The number of piperidine rings is 1. The highest BCUT2D eigenvalue weighted by Crippen LogP contribution is 2.21. The van der Waals surface area contributed by atoms with Crippen LogP contribution in [0.1, 0.15) is 30.6 Å². The summed E-state index contributed by atoms with van der Waals surface area (Å²) < 4.78 is 52.6. The minimum Gasteiger partial charge on any atom is -0.452 e. The van der Waals surface area contributed by atoms with E-state index in [0.29, 0.717) is 24.9 Å². The van der Waals surface area contributed by atoms with Gasteiger partial charge >= 0.3 is 11.7 Å². The van der Waals surface area contributed by atoms with E-state index in [4.69, 9.17) is 4.74 Å². The quantitative estimate of drug-likeness (QED) is 0.722. The van der Waals surface area contributed by atoms with Gasteiger partial charge in [-0.25, -0.2) is 13.2 Å². The maximum atomic E-state index is 12.5. The molecule has 0 spiro atoms. The number of carbonyl (C=O) groups is 2. The van der Waals surface area contributed by atoms with Crippen molar-refractivity contribution in [2.75, 3.05) is 19.7 Å². The molecule has 144 valence electrons. The molecule has 2 unspecified atom stereocenters. The maximum Gasteiger partial charge on any atom is 0.341 e. The molecule has 1 saturated heterocycles. The molecular weight excluding hydrogens is 368 g/mol. The first-order chi connectivity index (χ1) is 12.1. The van der Waals surface area contributed by atoms with Gasteiger partial charge in [0.2, 0.25) is 9.84 Å². The number of sulfone groups is 1. The summed E-state index contributed by atoms with van der Waals surface area (Å²) in [5, 5.41) is 0. The van der Waals surface area contributed by atoms with Crippen LogP contribution in [0.15, 0.2) is 29.2 Å². The number of hydrogen-bond acceptors (Lipinski definition) is 5. The standard InChI is InChI=1S/C17H21F2NO5S/c1-11-7-12(2)9-20(8-11)15(21)10-25-16(22)13-3-5-14(6-4-13)26(23,24)17(18)19/h3-6,11-12,17H,7-10H2,1-2H3. The van der Waals surface area contributed by atoms with E-state index in [1.807, 2.05) is 0 Å². The predicted octanol–water partition coefficient (Wildman–Crippen LogP) is 2.34. The minimum absolute atomic E-state index is 0.0219. The number of halogens is 2. The van der Waals surface area contributed by atoms with E-state index >= 15 is 0 Å². The van der Waals surface area contributed by atoms with Crippen molar-refractivity contribution in [1.29, 1.82) is 0 Å². The maximum absolute atomic E-state index is 12.5. The average Bonchev–Trinajstić information content (AvgIpc) is 2.58. The summed E-state index contributed by atoms with van der Waals surface area (Å²) in [5.74, 6) is -3.90. The zero-order valence-electron chi connectivity index (χ0n) is 14.5. The van der Waals surface area contributed by atoms with Gasteiger partial charge in [-0.3, -0.25) is 4.79 Å². The van der Waals surface area contributed by atoms with Gasteiger partial charge in [0, 0.05) is 13.1 Å². The molecule has 0 aromatic heterocycles. The number of rotatable bonds is 5. The number of hydrogen-bond donors (Lipinski definition) is 0. The second-order valence-corrected chi connectivity index (χ2v) is 8.57. The monoisotopic (exact) mass is 389 g/mol. The Bertz CT molecular complexity index is 754. The van der Waals surface area contributed by atoms with Crippen LogP contribution >= 0.6 is 0 Å². The minimum atomic E-state index is -4.72. The zero-order chi connectivity index (χ0) is 19.5. The van der Waals surface area contributed by atoms with Gasteiger partial charge in [0.1, 0.15) is 0 Å². The van der Waals surface area contributed by atoms with E-state index in [9.17, 15) is 26.8 Å². The second kappa shape index (κ2) is 8.11. The van der Waals surface area contributed by atoms with E-state index in [2.05, 4.69) is 13.8 Å². The van der Waals surface area contributed by atoms with Gasteiger partial charge in [0.15, 0.2) is 6.61 Å². The van der Waals surface area contributed by atoms with Gasteiger partial charge in [-0.1, -0.05) is 13.8 Å². The van der Waals surface area contributed by atoms with Crippen LogP contribution < -0.4 is 0 Å². The number of alkyl halides is 2. The Morgan fingerprint density at radius 1 is 1.15 bits per heavy atom. The third-order valence-corrected chi connectivity index (χ3v) is 5.60. The lowest BCUT2D eigenvalue weighted by atomic mass is 9.92. The normalized spacial score (nSPS) is 20.9. The lowest BCUT2D eigenvalue weighted by Gasteiger charge is -2.34. The molecule has 9 heteroatoms. The van der Waals surface area contributed by atoms with Crippen LogP contribution in [0, 0.1) is 11.8 Å². The van der Waals surface area contributed by atoms with Crippen LogP contribution in [0.5, 0.6) is 0 Å². The summed E-state index contributed by atoms with van der Waals surface area (Å²) in [4.78, 5) is 25.2. The van der Waals surface area contributed by atoms with Crippen molar-refractivity contribution in [1.82, 2.24) is 4.90 Å². The Labute approximate surface area is 151 Å². The molecule has 1 fully saturated rings. The first-order valence-corrected chi connectivity index (χ1v) is 9.73. The topological polar surface area (TPSA) is 80.8 Å². The summed E-state index contributed by atoms with van der Waals surface area (Å²) in [6.07, 6.45) is 1.04. The molecular formula is C17H21F2NO5S. The Morgan fingerprint density at radius 3 is 2.19 bits per heavy atom. The second-order valence-electron chi connectivity index (χ2n) is 6.65. The van der Waals surface area contributed by atoms with Crippen LogP contribution in [0.25, 0.3) is 0 Å². The molecule has 0 radical (unpaired) electrons. The summed E-state index contributed by atoms with van der Waals surface area (Å²) in [5.41, 5.74) is -0.0219. The molecule has 2 atom stereocenters. The molecule has 1 aromatic rings. The zero-order valence-corrected chi connectivity index (χ0v) is 15.3. The molecule has 0 N–H and O–H groups in total. The summed E-state index contributed by atoms with van der Waals surface area (Å²) in [6.45, 7) is 4.91. The molecule has 1 aliphatic heterocycles. The number of esters is 1. The van der Waals surface area contributed by atoms with Gasteiger partial charge < -0.3 is 9.64 Å². The van der Waals surface area contributed by atoms with Crippen LogP contribution in [0.4, 0.5) is 8.78 Å². The van der Waals surface area contributed by atoms with Crippen molar-refractivity contribution in [3.05, 3.63) is 29.8 Å². The lowest BCUT2D eigenvalue weighted by molar-refractivity contribution is -0.137. The van der Waals surface area contributed by atoms with E-state index in [0.717, 1.165) is 30.7 Å². The van der Waals surface area contributed by atoms with E-state index in [-0.39, 0.29) is 11.5 Å². The molecule has 6 nitrogen and oxygen atoms in total. The van der Waals surface area contributed by atoms with Crippen molar-refractivity contribution in [3.8, 4) is 0 Å². The highest BCUT2D eigenvalue weighted by molar-refractivity contribution is 7.91. The van der Waals surface area contributed by atoms with Crippen molar-refractivity contribution in [2.24, 2.45) is 11.8 Å². The first kappa shape index (κ1) is 20.3. The average molecular weight is 389 g/mol. The van der Waals surface area contributed by atoms with E-state index < -0.39 is 33.1 Å². The summed E-state index contributed by atoms with van der Waals surface area (Å²) >= 11 is 0. The fraction of sp³-hybridized carbons (Fsp3) is 0.529. The van der Waals surface area contributed by atoms with E-state index in [1.165, 1.54) is 0 Å². The van der Waals surface area contributed by atoms with Crippen LogP contribution in [0.3, 0.4) is 0 Å². The molecule has 0 aliphatic carbocycles. The Kier molecular flexibility index (Phi) is 6.33. The third-order valence-electron chi connectivity index (χ3n) is 4.20. The van der Waals surface area contributed by atoms with E-state index in [1.54, 1.807) is 4.90 Å². The third kappa shape index (κ3) is 4.78. The number of nitrogens with zero attached hydrogens (tertiary/aromatic N) is 1. The fourth-order valence-corrected chi connectivity index (χ4v) is 3.77. The van der Waals surface area contributed by atoms with Gasteiger partial charge in [-0.15, -0.1) is 0 Å². The van der Waals surface area contributed by atoms with Crippen molar-refractivity contribution < 1.29 is 31.5 Å². The number of likely N-dealkylation sites (tertiary alicyclic amines) is 1. The summed E-state index contributed by atoms with van der Waals surface area (Å²) in [6, 6.07) is 3.97. The molecule has 1 aliphatic rings. The number of ether oxygens (including phenoxy) is 1. The summed E-state index contributed by atoms with van der Waals surface area (Å²) in [7, 11) is -4.72. The van der Waals surface area contributed by atoms with Gasteiger partial charge in [0.05, 0.1) is 10.5 Å². The van der Waals surface area contributed by atoms with Crippen LogP contribution in [0.2, 0.25) is 0 Å². The van der Waals surface area contributed by atoms with Crippen molar-refractivity contribution in [2.45, 2.75) is 30.9 Å². The molecule has 26 heavy (non-hydrogen) atoms. The number of amides is 1. The van der Waals surface area contributed by atoms with Gasteiger partial charge in [-0.2, -0.15) is 8.78 Å². The molecule has 0 saturated carbocycles. The predicted molar refractivity (Wildman–Crippen MR) is 89.4 cm³/mol. The molecule has 1 amide bonds. The van der Waals surface area contributed by atoms with Gasteiger partial charge in [-0.05, 0) is 42.5 Å². The highest BCUT2D eigenvalue weighted by atomic mass is 32.2. The van der Waals surface area contributed by atoms with Crippen molar-refractivity contribution >= 4 is 21.7 Å². The molecule has 2 rings (SSSR count). The SMILES string of the molecule is CC1CC(C)CN(C(=O)COC(=O)c2ccc(S(=O)(=O)C(F)F)cc2)C1. The smallest absolute Gasteiger partial charge is 0.341 e. The highest BCUT2D eigenvalue weighted by Gasteiger charge is 2.27. The first-order valence-electron chi connectivity index (χ1n) is 8.18. The van der Waals surface area contributed by atoms with Crippen LogP contribution in [-0.2, 0) is 19.4 Å².